The Labute approximate surface area is 110 Å². The molecule has 0 aliphatic heterocycles. The minimum Gasteiger partial charge on any atom is -0.507 e. The summed E-state index contributed by atoms with van der Waals surface area (Å²) in [5, 5.41) is 20.2. The van der Waals surface area contributed by atoms with E-state index in [1.807, 2.05) is 0 Å². The SMILES string of the molecule is O=C(COCC(F)(F)F)Nc1ccc(C(=O)O)c(O)c1. The zero-order chi connectivity index (χ0) is 15.3. The molecule has 0 atom stereocenters. The maximum absolute atomic E-state index is 11.8. The van der Waals surface area contributed by atoms with Gasteiger partial charge in [0.1, 0.15) is 24.5 Å². The van der Waals surface area contributed by atoms with Gasteiger partial charge in [0.25, 0.3) is 0 Å². The van der Waals surface area contributed by atoms with E-state index in [2.05, 4.69) is 10.1 Å². The highest BCUT2D eigenvalue weighted by atomic mass is 19.4. The van der Waals surface area contributed by atoms with E-state index in [0.717, 1.165) is 12.1 Å². The van der Waals surface area contributed by atoms with Gasteiger partial charge in [0.05, 0.1) is 0 Å². The van der Waals surface area contributed by atoms with Gasteiger partial charge in [-0.1, -0.05) is 0 Å². The Kier molecular flexibility index (Phi) is 4.92. The van der Waals surface area contributed by atoms with Crippen molar-refractivity contribution in [1.82, 2.24) is 0 Å². The molecule has 20 heavy (non-hydrogen) atoms. The Morgan fingerprint density at radius 1 is 1.30 bits per heavy atom. The highest BCUT2D eigenvalue weighted by molar-refractivity contribution is 5.94. The van der Waals surface area contributed by atoms with Gasteiger partial charge in [-0.05, 0) is 12.1 Å². The molecule has 0 aliphatic carbocycles. The van der Waals surface area contributed by atoms with Gasteiger partial charge >= 0.3 is 12.1 Å². The van der Waals surface area contributed by atoms with Gasteiger partial charge in [-0.3, -0.25) is 4.79 Å². The first-order valence-electron chi connectivity index (χ1n) is 5.19. The van der Waals surface area contributed by atoms with Crippen LogP contribution in [-0.2, 0) is 9.53 Å². The van der Waals surface area contributed by atoms with E-state index in [1.54, 1.807) is 0 Å². The molecule has 0 heterocycles. The predicted molar refractivity (Wildman–Crippen MR) is 60.6 cm³/mol. The van der Waals surface area contributed by atoms with Crippen molar-refractivity contribution in [1.29, 1.82) is 0 Å². The number of aromatic hydroxyl groups is 1. The molecule has 1 amide bonds. The summed E-state index contributed by atoms with van der Waals surface area (Å²) < 4.78 is 39.4. The van der Waals surface area contributed by atoms with Crippen LogP contribution in [0.1, 0.15) is 10.4 Å². The minimum atomic E-state index is -4.53. The number of halogens is 3. The van der Waals surface area contributed by atoms with E-state index in [-0.39, 0.29) is 11.3 Å². The summed E-state index contributed by atoms with van der Waals surface area (Å²) in [6.07, 6.45) is -4.53. The molecule has 6 nitrogen and oxygen atoms in total. The standard InChI is InChI=1S/C11H10F3NO5/c12-11(13,14)5-20-4-9(17)15-6-1-2-7(10(18)19)8(16)3-6/h1-3,16H,4-5H2,(H,15,17)(H,18,19). The molecule has 0 aromatic heterocycles. The molecule has 1 aromatic carbocycles. The average molecular weight is 293 g/mol. The molecule has 0 saturated carbocycles. The summed E-state index contributed by atoms with van der Waals surface area (Å²) in [5.74, 6) is -2.79. The molecule has 110 valence electrons. The van der Waals surface area contributed by atoms with Gasteiger partial charge in [-0.2, -0.15) is 13.2 Å². The maximum atomic E-state index is 11.8. The Morgan fingerprint density at radius 2 is 1.95 bits per heavy atom. The molecule has 0 radical (unpaired) electrons. The van der Waals surface area contributed by atoms with Gasteiger partial charge in [-0.15, -0.1) is 0 Å². The number of benzene rings is 1. The first-order valence-corrected chi connectivity index (χ1v) is 5.19. The first-order chi connectivity index (χ1) is 9.19. The fourth-order valence-corrected chi connectivity index (χ4v) is 1.25. The lowest BCUT2D eigenvalue weighted by molar-refractivity contribution is -0.174. The predicted octanol–water partition coefficient (Wildman–Crippen LogP) is 1.61. The van der Waals surface area contributed by atoms with Crippen molar-refractivity contribution in [3.63, 3.8) is 0 Å². The van der Waals surface area contributed by atoms with Gasteiger partial charge in [0.15, 0.2) is 0 Å². The second-order valence-corrected chi connectivity index (χ2v) is 3.69. The number of aromatic carboxylic acids is 1. The molecule has 0 unspecified atom stereocenters. The number of hydrogen-bond acceptors (Lipinski definition) is 4. The van der Waals surface area contributed by atoms with Crippen molar-refractivity contribution < 1.29 is 37.7 Å². The van der Waals surface area contributed by atoms with Gasteiger partial charge in [-0.25, -0.2) is 4.79 Å². The maximum Gasteiger partial charge on any atom is 0.411 e. The quantitative estimate of drug-likeness (QED) is 0.766. The Hall–Kier alpha value is -2.29. The highest BCUT2D eigenvalue weighted by Crippen LogP contribution is 2.22. The summed E-state index contributed by atoms with van der Waals surface area (Å²) in [6, 6.07) is 3.19. The molecule has 0 spiro atoms. The average Bonchev–Trinajstić information content (AvgIpc) is 2.26. The largest absolute Gasteiger partial charge is 0.507 e. The number of carboxylic acids is 1. The fraction of sp³-hybridized carbons (Fsp3) is 0.273. The van der Waals surface area contributed by atoms with Crippen LogP contribution < -0.4 is 5.32 Å². The summed E-state index contributed by atoms with van der Waals surface area (Å²) in [4.78, 5) is 21.8. The van der Waals surface area contributed by atoms with Crippen LogP contribution in [0.4, 0.5) is 18.9 Å². The van der Waals surface area contributed by atoms with Crippen LogP contribution in [0.3, 0.4) is 0 Å². The normalized spacial score (nSPS) is 11.2. The lowest BCUT2D eigenvalue weighted by Crippen LogP contribution is -2.24. The number of hydrogen-bond donors (Lipinski definition) is 3. The fourth-order valence-electron chi connectivity index (χ4n) is 1.25. The van der Waals surface area contributed by atoms with Crippen molar-refractivity contribution in [2.75, 3.05) is 18.5 Å². The van der Waals surface area contributed by atoms with Crippen LogP contribution in [0, 0.1) is 0 Å². The molecule has 0 bridgehead atoms. The summed E-state index contributed by atoms with van der Waals surface area (Å²) in [7, 11) is 0. The minimum absolute atomic E-state index is 0.0353. The molecule has 1 rings (SSSR count). The van der Waals surface area contributed by atoms with E-state index in [4.69, 9.17) is 5.11 Å². The summed E-state index contributed by atoms with van der Waals surface area (Å²) >= 11 is 0. The molecular formula is C11H10F3NO5. The zero-order valence-corrected chi connectivity index (χ0v) is 9.90. The van der Waals surface area contributed by atoms with Crippen LogP contribution in [0.15, 0.2) is 18.2 Å². The number of carbonyl (C=O) groups is 2. The number of carbonyl (C=O) groups excluding carboxylic acids is 1. The van der Waals surface area contributed by atoms with Crippen molar-refractivity contribution in [3.05, 3.63) is 23.8 Å². The number of carboxylic acid groups (broad SMARTS) is 1. The number of rotatable bonds is 5. The van der Waals surface area contributed by atoms with Crippen LogP contribution in [0.25, 0.3) is 0 Å². The Morgan fingerprint density at radius 3 is 2.45 bits per heavy atom. The van der Waals surface area contributed by atoms with Crippen LogP contribution in [-0.4, -0.2) is 41.5 Å². The summed E-state index contributed by atoms with van der Waals surface area (Å²) in [6.45, 7) is -2.37. The van der Waals surface area contributed by atoms with Gasteiger partial charge in [0.2, 0.25) is 5.91 Å². The topological polar surface area (TPSA) is 95.9 Å². The number of alkyl halides is 3. The third-order valence-electron chi connectivity index (χ3n) is 2.01. The summed E-state index contributed by atoms with van der Waals surface area (Å²) in [5.41, 5.74) is -0.329. The number of nitrogens with one attached hydrogen (secondary N) is 1. The van der Waals surface area contributed by atoms with E-state index in [9.17, 15) is 27.9 Å². The third kappa shape index (κ3) is 5.14. The van der Waals surface area contributed by atoms with Crippen LogP contribution in [0.5, 0.6) is 5.75 Å². The van der Waals surface area contributed by atoms with Crippen molar-refractivity contribution in [2.45, 2.75) is 6.18 Å². The highest BCUT2D eigenvalue weighted by Gasteiger charge is 2.27. The molecule has 3 N–H and O–H groups in total. The lowest BCUT2D eigenvalue weighted by Gasteiger charge is -2.09. The van der Waals surface area contributed by atoms with Crippen molar-refractivity contribution in [3.8, 4) is 5.75 Å². The second-order valence-electron chi connectivity index (χ2n) is 3.69. The van der Waals surface area contributed by atoms with E-state index in [1.165, 1.54) is 6.07 Å². The van der Waals surface area contributed by atoms with Crippen LogP contribution >= 0.6 is 0 Å². The lowest BCUT2D eigenvalue weighted by atomic mass is 10.2. The number of amides is 1. The van der Waals surface area contributed by atoms with E-state index >= 15 is 0 Å². The number of ether oxygens (including phenoxy) is 1. The van der Waals surface area contributed by atoms with E-state index in [0.29, 0.717) is 0 Å². The molecule has 0 saturated heterocycles. The smallest absolute Gasteiger partial charge is 0.411 e. The molecule has 0 fully saturated rings. The van der Waals surface area contributed by atoms with Crippen LogP contribution in [0.2, 0.25) is 0 Å². The zero-order valence-electron chi connectivity index (χ0n) is 9.90. The van der Waals surface area contributed by atoms with E-state index < -0.39 is 37.0 Å². The van der Waals surface area contributed by atoms with Crippen molar-refractivity contribution in [2.24, 2.45) is 0 Å². The molecule has 1 aromatic rings. The first kappa shape index (κ1) is 15.8. The number of phenols is 1. The molecular weight excluding hydrogens is 283 g/mol. The Bertz CT molecular complexity index is 515. The van der Waals surface area contributed by atoms with Gasteiger partial charge < -0.3 is 20.3 Å². The Balaban J connectivity index is 2.54. The second kappa shape index (κ2) is 6.24. The third-order valence-corrected chi connectivity index (χ3v) is 2.01. The van der Waals surface area contributed by atoms with Crippen molar-refractivity contribution >= 4 is 17.6 Å². The molecule has 0 aliphatic rings. The van der Waals surface area contributed by atoms with Gasteiger partial charge in [0, 0.05) is 11.8 Å². The molecule has 9 heteroatoms. The number of anilines is 1. The monoisotopic (exact) mass is 293 g/mol.